The summed E-state index contributed by atoms with van der Waals surface area (Å²) in [7, 11) is 0. The standard InChI is InChI=1S/C15H18N2O/c1-15(2,3)12-6-4-5-10-9-11(7-8-16)14(18)17-13(10)12/h4-6,11H,7,9H2,1-3H3,(H,17,18). The third-order valence-corrected chi connectivity index (χ3v) is 3.38. The van der Waals surface area contributed by atoms with Crippen LogP contribution in [0.25, 0.3) is 0 Å². The summed E-state index contributed by atoms with van der Waals surface area (Å²) in [6.07, 6.45) is 0.948. The molecule has 0 fully saturated rings. The Morgan fingerprint density at radius 3 is 2.78 bits per heavy atom. The lowest BCUT2D eigenvalue weighted by atomic mass is 9.81. The van der Waals surface area contributed by atoms with E-state index in [-0.39, 0.29) is 23.7 Å². The molecule has 1 amide bonds. The van der Waals surface area contributed by atoms with E-state index >= 15 is 0 Å². The third-order valence-electron chi connectivity index (χ3n) is 3.38. The average molecular weight is 242 g/mol. The van der Waals surface area contributed by atoms with Crippen LogP contribution in [-0.4, -0.2) is 5.91 Å². The van der Waals surface area contributed by atoms with Gasteiger partial charge in [0, 0.05) is 12.1 Å². The first-order valence-corrected chi connectivity index (χ1v) is 6.23. The number of nitriles is 1. The van der Waals surface area contributed by atoms with Crippen LogP contribution < -0.4 is 5.32 Å². The summed E-state index contributed by atoms with van der Waals surface area (Å²) >= 11 is 0. The summed E-state index contributed by atoms with van der Waals surface area (Å²) in [5.74, 6) is -0.238. The fraction of sp³-hybridized carbons (Fsp3) is 0.467. The van der Waals surface area contributed by atoms with E-state index in [0.717, 1.165) is 16.8 Å². The number of hydrogen-bond acceptors (Lipinski definition) is 2. The Kier molecular flexibility index (Phi) is 3.13. The molecule has 94 valence electrons. The lowest BCUT2D eigenvalue weighted by Crippen LogP contribution is -2.31. The number of anilines is 1. The van der Waals surface area contributed by atoms with Gasteiger partial charge in [-0.05, 0) is 23.0 Å². The van der Waals surface area contributed by atoms with E-state index < -0.39 is 0 Å². The molecule has 1 aromatic rings. The first kappa shape index (κ1) is 12.6. The molecule has 1 aliphatic heterocycles. The van der Waals surface area contributed by atoms with Crippen LogP contribution in [0.15, 0.2) is 18.2 Å². The van der Waals surface area contributed by atoms with Crippen LogP contribution in [0.1, 0.15) is 38.3 Å². The van der Waals surface area contributed by atoms with E-state index in [4.69, 9.17) is 5.26 Å². The molecule has 0 radical (unpaired) electrons. The summed E-state index contributed by atoms with van der Waals surface area (Å²) in [4.78, 5) is 12.0. The number of nitrogens with one attached hydrogen (secondary N) is 1. The molecule has 0 saturated carbocycles. The normalized spacial score (nSPS) is 18.8. The summed E-state index contributed by atoms with van der Waals surface area (Å²) in [6.45, 7) is 6.41. The maximum Gasteiger partial charge on any atom is 0.228 e. The van der Waals surface area contributed by atoms with Gasteiger partial charge in [-0.15, -0.1) is 0 Å². The lowest BCUT2D eigenvalue weighted by molar-refractivity contribution is -0.120. The molecule has 0 saturated heterocycles. The molecule has 1 N–H and O–H groups in total. The van der Waals surface area contributed by atoms with Crippen molar-refractivity contribution in [3.05, 3.63) is 29.3 Å². The van der Waals surface area contributed by atoms with Crippen LogP contribution >= 0.6 is 0 Å². The summed E-state index contributed by atoms with van der Waals surface area (Å²) in [5, 5.41) is 11.7. The smallest absolute Gasteiger partial charge is 0.228 e. The highest BCUT2D eigenvalue weighted by Crippen LogP contribution is 2.36. The van der Waals surface area contributed by atoms with E-state index in [1.807, 2.05) is 12.1 Å². The second-order valence-electron chi connectivity index (χ2n) is 5.84. The van der Waals surface area contributed by atoms with Gasteiger partial charge in [-0.25, -0.2) is 0 Å². The molecule has 0 aromatic heterocycles. The molecule has 3 nitrogen and oxygen atoms in total. The van der Waals surface area contributed by atoms with Gasteiger partial charge < -0.3 is 5.32 Å². The molecule has 1 heterocycles. The van der Waals surface area contributed by atoms with Crippen molar-refractivity contribution in [2.24, 2.45) is 5.92 Å². The number of benzene rings is 1. The molecule has 1 aromatic carbocycles. The Morgan fingerprint density at radius 1 is 1.44 bits per heavy atom. The predicted octanol–water partition coefficient (Wildman–Crippen LogP) is 3.01. The van der Waals surface area contributed by atoms with Crippen molar-refractivity contribution < 1.29 is 4.79 Å². The number of fused-ring (bicyclic) bond motifs is 1. The summed E-state index contributed by atoms with van der Waals surface area (Å²) < 4.78 is 0. The van der Waals surface area contributed by atoms with Crippen molar-refractivity contribution in [3.8, 4) is 6.07 Å². The second kappa shape index (κ2) is 4.45. The van der Waals surface area contributed by atoms with Crippen molar-refractivity contribution >= 4 is 11.6 Å². The zero-order chi connectivity index (χ0) is 13.3. The summed E-state index contributed by atoms with van der Waals surface area (Å²) in [5.41, 5.74) is 3.25. The molecule has 0 spiro atoms. The molecule has 1 unspecified atom stereocenters. The Morgan fingerprint density at radius 2 is 2.17 bits per heavy atom. The quantitative estimate of drug-likeness (QED) is 0.823. The highest BCUT2D eigenvalue weighted by atomic mass is 16.1. The van der Waals surface area contributed by atoms with Crippen LogP contribution in [-0.2, 0) is 16.6 Å². The Labute approximate surface area is 108 Å². The van der Waals surface area contributed by atoms with Crippen LogP contribution in [0, 0.1) is 17.2 Å². The highest BCUT2D eigenvalue weighted by Gasteiger charge is 2.29. The van der Waals surface area contributed by atoms with Gasteiger partial charge >= 0.3 is 0 Å². The zero-order valence-electron chi connectivity index (χ0n) is 11.1. The molecular weight excluding hydrogens is 224 g/mol. The zero-order valence-corrected chi connectivity index (χ0v) is 11.1. The number of hydrogen-bond donors (Lipinski definition) is 1. The number of rotatable bonds is 1. The fourth-order valence-corrected chi connectivity index (χ4v) is 2.40. The second-order valence-corrected chi connectivity index (χ2v) is 5.84. The van der Waals surface area contributed by atoms with Crippen LogP contribution in [0.3, 0.4) is 0 Å². The van der Waals surface area contributed by atoms with Crippen molar-refractivity contribution in [1.29, 1.82) is 5.26 Å². The Hall–Kier alpha value is -1.82. The maximum absolute atomic E-state index is 12.0. The summed E-state index contributed by atoms with van der Waals surface area (Å²) in [6, 6.07) is 8.21. The van der Waals surface area contributed by atoms with Gasteiger partial charge in [0.1, 0.15) is 0 Å². The van der Waals surface area contributed by atoms with E-state index in [0.29, 0.717) is 6.42 Å². The van der Waals surface area contributed by atoms with E-state index in [2.05, 4.69) is 38.2 Å². The number of amides is 1. The molecule has 3 heteroatoms. The molecule has 1 aliphatic rings. The molecule has 0 aliphatic carbocycles. The lowest BCUT2D eigenvalue weighted by Gasteiger charge is -2.30. The number of carbonyl (C=O) groups is 1. The number of carbonyl (C=O) groups excluding carboxylic acids is 1. The molecule has 0 bridgehead atoms. The van der Waals surface area contributed by atoms with Gasteiger partial charge in [0.25, 0.3) is 0 Å². The topological polar surface area (TPSA) is 52.9 Å². The van der Waals surface area contributed by atoms with E-state index in [1.165, 1.54) is 0 Å². The number of para-hydroxylation sites is 1. The fourth-order valence-electron chi connectivity index (χ4n) is 2.40. The van der Waals surface area contributed by atoms with Gasteiger partial charge in [0.05, 0.1) is 12.0 Å². The van der Waals surface area contributed by atoms with E-state index in [1.54, 1.807) is 0 Å². The van der Waals surface area contributed by atoms with Crippen molar-refractivity contribution in [2.75, 3.05) is 5.32 Å². The van der Waals surface area contributed by atoms with Crippen LogP contribution in [0.4, 0.5) is 5.69 Å². The largest absolute Gasteiger partial charge is 0.325 e. The van der Waals surface area contributed by atoms with Crippen molar-refractivity contribution in [3.63, 3.8) is 0 Å². The minimum absolute atomic E-state index is 0.000683. The minimum Gasteiger partial charge on any atom is -0.325 e. The van der Waals surface area contributed by atoms with Gasteiger partial charge in [-0.3, -0.25) is 4.79 Å². The Bertz CT molecular complexity index is 520. The van der Waals surface area contributed by atoms with Crippen molar-refractivity contribution in [2.45, 2.75) is 39.0 Å². The monoisotopic (exact) mass is 242 g/mol. The van der Waals surface area contributed by atoms with Gasteiger partial charge in [-0.1, -0.05) is 39.0 Å². The molecular formula is C15H18N2O. The number of nitrogens with zero attached hydrogens (tertiary/aromatic N) is 1. The third kappa shape index (κ3) is 2.24. The van der Waals surface area contributed by atoms with Crippen LogP contribution in [0.5, 0.6) is 0 Å². The average Bonchev–Trinajstić information content (AvgIpc) is 2.28. The first-order valence-electron chi connectivity index (χ1n) is 6.23. The SMILES string of the molecule is CC(C)(C)c1cccc2c1NC(=O)C(CC#N)C2. The molecule has 1 atom stereocenters. The van der Waals surface area contributed by atoms with Gasteiger partial charge in [0.15, 0.2) is 0 Å². The maximum atomic E-state index is 12.0. The van der Waals surface area contributed by atoms with E-state index in [9.17, 15) is 4.79 Å². The van der Waals surface area contributed by atoms with Gasteiger partial charge in [0.2, 0.25) is 5.91 Å². The highest BCUT2D eigenvalue weighted by molar-refractivity contribution is 5.97. The Balaban J connectivity index is 2.43. The minimum atomic E-state index is -0.210. The van der Waals surface area contributed by atoms with Crippen LogP contribution in [0.2, 0.25) is 0 Å². The predicted molar refractivity (Wildman–Crippen MR) is 71.2 cm³/mol. The molecule has 2 rings (SSSR count). The van der Waals surface area contributed by atoms with Gasteiger partial charge in [-0.2, -0.15) is 5.26 Å². The molecule has 18 heavy (non-hydrogen) atoms. The van der Waals surface area contributed by atoms with Crippen molar-refractivity contribution in [1.82, 2.24) is 0 Å². The first-order chi connectivity index (χ1) is 8.43.